The Morgan fingerprint density at radius 1 is 0.667 bits per heavy atom. The third-order valence-corrected chi connectivity index (χ3v) is 2.92. The molecule has 0 saturated carbocycles. The van der Waals surface area contributed by atoms with Gasteiger partial charge in [0.25, 0.3) is 11.8 Å². The van der Waals surface area contributed by atoms with Crippen LogP contribution in [0, 0.1) is 0 Å². The molecule has 0 saturated heterocycles. The maximum Gasteiger partial charge on any atom is 0.257 e. The summed E-state index contributed by atoms with van der Waals surface area (Å²) in [6, 6.07) is 0. The number of hydrogen-bond acceptors (Lipinski definition) is 2. The molecular formula is C26H42N2O2. The Balaban J connectivity index is -0.000000512. The lowest BCUT2D eigenvalue weighted by molar-refractivity contribution is -0.116. The van der Waals surface area contributed by atoms with E-state index in [1.807, 2.05) is 41.5 Å². The van der Waals surface area contributed by atoms with Crippen molar-refractivity contribution >= 4 is 11.8 Å². The van der Waals surface area contributed by atoms with E-state index in [4.69, 9.17) is 0 Å². The zero-order chi connectivity index (χ0) is 24.5. The fourth-order valence-corrected chi connectivity index (χ4v) is 1.75. The van der Waals surface area contributed by atoms with Gasteiger partial charge in [-0.3, -0.25) is 9.59 Å². The third kappa shape index (κ3) is 14.9. The van der Waals surface area contributed by atoms with Crippen molar-refractivity contribution in [3.05, 3.63) is 97.5 Å². The van der Waals surface area contributed by atoms with Crippen molar-refractivity contribution in [1.82, 2.24) is 10.6 Å². The average Bonchev–Trinajstić information content (AvgIpc) is 2.80. The van der Waals surface area contributed by atoms with Gasteiger partial charge in [0.2, 0.25) is 0 Å². The summed E-state index contributed by atoms with van der Waals surface area (Å²) >= 11 is 0. The molecular weight excluding hydrogens is 372 g/mol. The van der Waals surface area contributed by atoms with Crippen molar-refractivity contribution in [1.29, 1.82) is 0 Å². The van der Waals surface area contributed by atoms with E-state index in [1.165, 1.54) is 24.3 Å². The maximum absolute atomic E-state index is 12.4. The van der Waals surface area contributed by atoms with Gasteiger partial charge < -0.3 is 10.6 Å². The molecule has 0 rings (SSSR count). The van der Waals surface area contributed by atoms with Crippen LogP contribution in [-0.2, 0) is 9.59 Å². The summed E-state index contributed by atoms with van der Waals surface area (Å²) in [5.41, 5.74) is 1.57. The molecule has 0 fully saturated rings. The van der Waals surface area contributed by atoms with E-state index in [2.05, 4.69) is 36.9 Å². The van der Waals surface area contributed by atoms with Gasteiger partial charge in [-0.05, 0) is 26.0 Å². The van der Waals surface area contributed by atoms with Gasteiger partial charge in [0.15, 0.2) is 0 Å². The van der Waals surface area contributed by atoms with E-state index in [9.17, 15) is 9.59 Å². The summed E-state index contributed by atoms with van der Waals surface area (Å²) in [5.74, 6) is -0.748. The molecule has 30 heavy (non-hydrogen) atoms. The van der Waals surface area contributed by atoms with E-state index in [0.29, 0.717) is 22.5 Å². The first-order valence-electron chi connectivity index (χ1n) is 10.3. The topological polar surface area (TPSA) is 58.2 Å². The molecule has 2 amide bonds. The van der Waals surface area contributed by atoms with Crippen LogP contribution in [0.4, 0.5) is 0 Å². The van der Waals surface area contributed by atoms with E-state index < -0.39 is 0 Å². The van der Waals surface area contributed by atoms with Crippen LogP contribution in [0.5, 0.6) is 0 Å². The molecule has 0 aliphatic heterocycles. The molecule has 0 aromatic heterocycles. The zero-order valence-corrected chi connectivity index (χ0v) is 20.3. The normalized spacial score (nSPS) is 10.9. The SMILES string of the molecule is C=C/C=C(\C=C)NC(=O)C(=C/C)/C(=C\C)NC(=O)/C(C=C)=C/C=C.CC.CC.CC. The van der Waals surface area contributed by atoms with E-state index in [1.54, 1.807) is 38.2 Å². The van der Waals surface area contributed by atoms with Gasteiger partial charge in [0.05, 0.1) is 5.57 Å². The van der Waals surface area contributed by atoms with Gasteiger partial charge in [-0.25, -0.2) is 0 Å². The highest BCUT2D eigenvalue weighted by Gasteiger charge is 2.16. The molecule has 0 spiro atoms. The third-order valence-electron chi connectivity index (χ3n) is 2.92. The number of rotatable bonds is 9. The highest BCUT2D eigenvalue weighted by Crippen LogP contribution is 2.10. The fourth-order valence-electron chi connectivity index (χ4n) is 1.75. The molecule has 168 valence electrons. The first kappa shape index (κ1) is 34.4. The van der Waals surface area contributed by atoms with Crippen molar-refractivity contribution in [2.75, 3.05) is 0 Å². The summed E-state index contributed by atoms with van der Waals surface area (Å²) in [4.78, 5) is 24.6. The Labute approximate surface area is 185 Å². The van der Waals surface area contributed by atoms with Gasteiger partial charge in [-0.1, -0.05) is 104 Å². The zero-order valence-electron chi connectivity index (χ0n) is 20.3. The van der Waals surface area contributed by atoms with E-state index >= 15 is 0 Å². The maximum atomic E-state index is 12.4. The predicted molar refractivity (Wildman–Crippen MR) is 135 cm³/mol. The lowest BCUT2D eigenvalue weighted by atomic mass is 10.1. The van der Waals surface area contributed by atoms with Crippen LogP contribution >= 0.6 is 0 Å². The largest absolute Gasteiger partial charge is 0.322 e. The molecule has 0 aromatic carbocycles. The Kier molecular flexibility index (Phi) is 29.6. The van der Waals surface area contributed by atoms with Crippen molar-refractivity contribution in [3.63, 3.8) is 0 Å². The van der Waals surface area contributed by atoms with Crippen molar-refractivity contribution < 1.29 is 9.59 Å². The van der Waals surface area contributed by atoms with Crippen molar-refractivity contribution in [3.8, 4) is 0 Å². The van der Waals surface area contributed by atoms with E-state index in [0.717, 1.165) is 0 Å². The lowest BCUT2D eigenvalue weighted by Crippen LogP contribution is -2.31. The second-order valence-corrected chi connectivity index (χ2v) is 4.44. The van der Waals surface area contributed by atoms with Gasteiger partial charge in [0.1, 0.15) is 0 Å². The second-order valence-electron chi connectivity index (χ2n) is 4.44. The van der Waals surface area contributed by atoms with Crippen LogP contribution in [0.1, 0.15) is 55.4 Å². The van der Waals surface area contributed by atoms with Crippen LogP contribution < -0.4 is 10.6 Å². The number of amides is 2. The molecule has 0 heterocycles. The standard InChI is InChI=1S/C20H24N2O2.3C2H6/c1-7-13-15(9-3)19(23)22-18(12-6)17(11-5)20(24)21-16(10-4)14-8-2;3*1-2/h7-14H,1-4H2,5-6H3,(H,21,24)(H,22,23);3*1-2H3/b15-13+,16-14+,17-11+,18-12+;;;. The molecule has 2 N–H and O–H groups in total. The molecule has 0 atom stereocenters. The molecule has 0 aliphatic rings. The first-order chi connectivity index (χ1) is 14.5. The Morgan fingerprint density at radius 2 is 1.17 bits per heavy atom. The predicted octanol–water partition coefficient (Wildman–Crippen LogP) is 6.70. The molecule has 0 aromatic rings. The molecule has 0 aliphatic carbocycles. The molecule has 4 nitrogen and oxygen atoms in total. The van der Waals surface area contributed by atoms with Gasteiger partial charge in [0, 0.05) is 17.0 Å². The Morgan fingerprint density at radius 3 is 1.50 bits per heavy atom. The van der Waals surface area contributed by atoms with Gasteiger partial charge in [-0.15, -0.1) is 0 Å². The average molecular weight is 415 g/mol. The highest BCUT2D eigenvalue weighted by atomic mass is 16.2. The molecule has 4 heteroatoms. The summed E-state index contributed by atoms with van der Waals surface area (Å²) in [6.45, 7) is 29.8. The lowest BCUT2D eigenvalue weighted by Gasteiger charge is -2.14. The summed E-state index contributed by atoms with van der Waals surface area (Å²) < 4.78 is 0. The number of nitrogens with one attached hydrogen (secondary N) is 2. The second kappa shape index (κ2) is 25.9. The Hall–Kier alpha value is -3.14. The summed E-state index contributed by atoms with van der Waals surface area (Å²) in [6.07, 6.45) is 12.4. The van der Waals surface area contributed by atoms with Crippen LogP contribution in [0.15, 0.2) is 97.5 Å². The summed E-state index contributed by atoms with van der Waals surface area (Å²) in [7, 11) is 0. The van der Waals surface area contributed by atoms with Crippen molar-refractivity contribution in [2.24, 2.45) is 0 Å². The summed E-state index contributed by atoms with van der Waals surface area (Å²) in [5, 5.41) is 5.39. The minimum absolute atomic E-state index is 0.324. The number of carbonyl (C=O) groups is 2. The van der Waals surface area contributed by atoms with Crippen LogP contribution in [-0.4, -0.2) is 11.8 Å². The number of hydrogen-bond donors (Lipinski definition) is 2. The van der Waals surface area contributed by atoms with Crippen LogP contribution in [0.3, 0.4) is 0 Å². The molecule has 0 bridgehead atoms. The first-order valence-corrected chi connectivity index (χ1v) is 10.3. The number of carbonyl (C=O) groups excluding carboxylic acids is 2. The quantitative estimate of drug-likeness (QED) is 0.326. The van der Waals surface area contributed by atoms with Gasteiger partial charge in [-0.2, -0.15) is 0 Å². The minimum atomic E-state index is -0.379. The highest BCUT2D eigenvalue weighted by molar-refractivity contribution is 6.03. The van der Waals surface area contributed by atoms with Crippen molar-refractivity contribution in [2.45, 2.75) is 55.4 Å². The monoisotopic (exact) mass is 414 g/mol. The van der Waals surface area contributed by atoms with Crippen LogP contribution in [0.2, 0.25) is 0 Å². The van der Waals surface area contributed by atoms with Gasteiger partial charge >= 0.3 is 0 Å². The number of allylic oxidation sites excluding steroid dienone is 7. The minimum Gasteiger partial charge on any atom is -0.322 e. The Bertz CT molecular complexity index is 661. The molecule has 0 unspecified atom stereocenters. The van der Waals surface area contributed by atoms with E-state index in [-0.39, 0.29) is 11.8 Å². The molecule has 0 radical (unpaired) electrons. The van der Waals surface area contributed by atoms with Crippen LogP contribution in [0.25, 0.3) is 0 Å². The smallest absolute Gasteiger partial charge is 0.257 e. The fraction of sp³-hybridized carbons (Fsp3) is 0.308.